The zero-order valence-corrected chi connectivity index (χ0v) is 19.1. The van der Waals surface area contributed by atoms with Crippen LogP contribution < -0.4 is 10.6 Å². The number of nitrogens with one attached hydrogen (secondary N) is 2. The van der Waals surface area contributed by atoms with Crippen LogP contribution >= 0.6 is 0 Å². The lowest BCUT2D eigenvalue weighted by atomic mass is 10.0. The van der Waals surface area contributed by atoms with E-state index in [9.17, 15) is 18.0 Å². The summed E-state index contributed by atoms with van der Waals surface area (Å²) in [5.41, 5.74) is 5.28. The summed E-state index contributed by atoms with van der Waals surface area (Å²) < 4.78 is 31.7. The lowest BCUT2D eigenvalue weighted by molar-refractivity contribution is -0.192. The Balaban J connectivity index is 0.000000540. The van der Waals surface area contributed by atoms with Gasteiger partial charge in [-0.1, -0.05) is 50.2 Å². The molecule has 0 bridgehead atoms. The molecule has 1 amide bonds. The Labute approximate surface area is 201 Å². The molecular formula is C26H24F3N3O3. The number of carbonyl (C=O) groups excluding carboxylic acids is 1. The minimum Gasteiger partial charge on any atom is -0.475 e. The van der Waals surface area contributed by atoms with E-state index in [1.807, 2.05) is 30.3 Å². The smallest absolute Gasteiger partial charge is 0.475 e. The Morgan fingerprint density at radius 2 is 1.40 bits per heavy atom. The number of carboxylic acids is 1. The number of aliphatic carboxylic acids is 1. The molecule has 35 heavy (non-hydrogen) atoms. The van der Waals surface area contributed by atoms with Crippen molar-refractivity contribution in [2.75, 3.05) is 5.32 Å². The van der Waals surface area contributed by atoms with E-state index in [0.29, 0.717) is 17.2 Å². The molecule has 3 aromatic carbocycles. The first-order chi connectivity index (χ1) is 16.5. The van der Waals surface area contributed by atoms with Gasteiger partial charge in [0.1, 0.15) is 0 Å². The number of carboxylic acid groups (broad SMARTS) is 1. The highest BCUT2D eigenvalue weighted by molar-refractivity contribution is 6.04. The largest absolute Gasteiger partial charge is 0.490 e. The Morgan fingerprint density at radius 3 is 1.83 bits per heavy atom. The minimum absolute atomic E-state index is 0.195. The molecular weight excluding hydrogens is 459 g/mol. The second-order valence-electron chi connectivity index (χ2n) is 7.76. The fourth-order valence-corrected chi connectivity index (χ4v) is 2.78. The van der Waals surface area contributed by atoms with E-state index >= 15 is 0 Å². The number of halogens is 3. The third-order valence-corrected chi connectivity index (χ3v) is 4.66. The van der Waals surface area contributed by atoms with Gasteiger partial charge in [0.05, 0.1) is 11.6 Å². The van der Waals surface area contributed by atoms with Crippen LogP contribution in [0.5, 0.6) is 0 Å². The molecule has 9 heteroatoms. The molecule has 6 nitrogen and oxygen atoms in total. The average molecular weight is 483 g/mol. The molecule has 0 aliphatic carbocycles. The zero-order chi connectivity index (χ0) is 26.0. The number of rotatable bonds is 6. The van der Waals surface area contributed by atoms with Crippen molar-refractivity contribution in [3.05, 3.63) is 89.5 Å². The summed E-state index contributed by atoms with van der Waals surface area (Å²) in [4.78, 5) is 21.2. The molecule has 0 radical (unpaired) electrons. The van der Waals surface area contributed by atoms with Crippen molar-refractivity contribution in [2.24, 2.45) is 0 Å². The van der Waals surface area contributed by atoms with Crippen LogP contribution in [0.1, 0.15) is 35.3 Å². The molecule has 3 rings (SSSR count). The van der Waals surface area contributed by atoms with Crippen LogP contribution in [-0.4, -0.2) is 29.2 Å². The van der Waals surface area contributed by atoms with E-state index in [0.717, 1.165) is 23.4 Å². The summed E-state index contributed by atoms with van der Waals surface area (Å²) in [6.07, 6.45) is -5.08. The molecule has 0 saturated heterocycles. The fourth-order valence-electron chi connectivity index (χ4n) is 2.78. The highest BCUT2D eigenvalue weighted by Gasteiger charge is 2.38. The van der Waals surface area contributed by atoms with Crippen molar-refractivity contribution in [3.63, 3.8) is 0 Å². The predicted molar refractivity (Wildman–Crippen MR) is 127 cm³/mol. The maximum absolute atomic E-state index is 12.3. The number of hydrogen-bond acceptors (Lipinski definition) is 4. The summed E-state index contributed by atoms with van der Waals surface area (Å²) in [6, 6.07) is 25.4. The van der Waals surface area contributed by atoms with Crippen molar-refractivity contribution in [3.8, 4) is 17.2 Å². The lowest BCUT2D eigenvalue weighted by Crippen LogP contribution is -2.21. The van der Waals surface area contributed by atoms with E-state index in [2.05, 4.69) is 48.7 Å². The number of alkyl halides is 3. The van der Waals surface area contributed by atoms with Crippen molar-refractivity contribution < 1.29 is 27.9 Å². The number of nitrogens with zero attached hydrogens (tertiary/aromatic N) is 1. The van der Waals surface area contributed by atoms with Crippen LogP contribution in [-0.2, 0) is 11.3 Å². The number of anilines is 1. The van der Waals surface area contributed by atoms with Gasteiger partial charge < -0.3 is 15.7 Å². The lowest BCUT2D eigenvalue weighted by Gasteiger charge is -2.10. The summed E-state index contributed by atoms with van der Waals surface area (Å²) in [5, 5.41) is 22.2. The number of carbonyl (C=O) groups is 2. The molecule has 0 atom stereocenters. The van der Waals surface area contributed by atoms with Crippen LogP contribution in [0.3, 0.4) is 0 Å². The van der Waals surface area contributed by atoms with Gasteiger partial charge >= 0.3 is 12.1 Å². The first-order valence-electron chi connectivity index (χ1n) is 10.5. The third kappa shape index (κ3) is 8.95. The molecule has 0 aliphatic heterocycles. The molecule has 0 aromatic heterocycles. The average Bonchev–Trinajstić information content (AvgIpc) is 2.83. The van der Waals surface area contributed by atoms with Gasteiger partial charge in [-0.2, -0.15) is 18.4 Å². The van der Waals surface area contributed by atoms with Gasteiger partial charge in [0.15, 0.2) is 0 Å². The van der Waals surface area contributed by atoms with Crippen molar-refractivity contribution in [1.82, 2.24) is 5.32 Å². The Hall–Kier alpha value is -4.16. The minimum atomic E-state index is -5.08. The monoisotopic (exact) mass is 483 g/mol. The SMILES string of the molecule is CC(C)NCc1ccc(-c2ccc(NC(=O)c3ccc(C#N)cc3)cc2)cc1.O=C(O)C(F)(F)F. The maximum Gasteiger partial charge on any atom is 0.490 e. The van der Waals surface area contributed by atoms with Gasteiger partial charge in [-0.05, 0) is 53.1 Å². The highest BCUT2D eigenvalue weighted by atomic mass is 19.4. The molecule has 182 valence electrons. The van der Waals surface area contributed by atoms with Crippen molar-refractivity contribution in [1.29, 1.82) is 5.26 Å². The zero-order valence-electron chi connectivity index (χ0n) is 19.1. The third-order valence-electron chi connectivity index (χ3n) is 4.66. The molecule has 0 fully saturated rings. The number of amides is 1. The first-order valence-corrected chi connectivity index (χ1v) is 10.5. The molecule has 0 aliphatic rings. The van der Waals surface area contributed by atoms with Gasteiger partial charge in [-0.3, -0.25) is 4.79 Å². The van der Waals surface area contributed by atoms with Gasteiger partial charge in [0.25, 0.3) is 5.91 Å². The molecule has 3 N–H and O–H groups in total. The molecule has 0 spiro atoms. The van der Waals surface area contributed by atoms with Crippen molar-refractivity contribution >= 4 is 17.6 Å². The first kappa shape index (κ1) is 27.1. The molecule has 3 aromatic rings. The van der Waals surface area contributed by atoms with Gasteiger partial charge in [0, 0.05) is 23.8 Å². The molecule has 0 unspecified atom stereocenters. The van der Waals surface area contributed by atoms with E-state index in [1.165, 1.54) is 5.56 Å². The summed E-state index contributed by atoms with van der Waals surface area (Å²) in [7, 11) is 0. The van der Waals surface area contributed by atoms with Crippen LogP contribution in [0.25, 0.3) is 11.1 Å². The normalized spacial score (nSPS) is 10.7. The van der Waals surface area contributed by atoms with E-state index in [4.69, 9.17) is 15.2 Å². The van der Waals surface area contributed by atoms with Crippen LogP contribution in [0, 0.1) is 11.3 Å². The van der Waals surface area contributed by atoms with Crippen LogP contribution in [0.4, 0.5) is 18.9 Å². The second-order valence-corrected chi connectivity index (χ2v) is 7.76. The standard InChI is InChI=1S/C24H23N3O.C2HF3O2/c1-17(2)26-16-19-5-7-20(8-6-19)21-11-13-23(14-12-21)27-24(28)22-9-3-18(15-25)4-10-22;3-2(4,5)1(6)7/h3-14,17,26H,16H2,1-2H3,(H,27,28);(H,6,7). The van der Waals surface area contributed by atoms with E-state index in [1.54, 1.807) is 24.3 Å². The fraction of sp³-hybridized carbons (Fsp3) is 0.192. The predicted octanol–water partition coefficient (Wildman–Crippen LogP) is 5.61. The maximum atomic E-state index is 12.3. The van der Waals surface area contributed by atoms with Gasteiger partial charge in [-0.15, -0.1) is 0 Å². The van der Waals surface area contributed by atoms with Crippen LogP contribution in [0.2, 0.25) is 0 Å². The highest BCUT2D eigenvalue weighted by Crippen LogP contribution is 2.22. The topological polar surface area (TPSA) is 102 Å². The molecule has 0 heterocycles. The van der Waals surface area contributed by atoms with Gasteiger partial charge in [-0.25, -0.2) is 4.79 Å². The summed E-state index contributed by atoms with van der Waals surface area (Å²) in [6.45, 7) is 5.13. The Kier molecular flexibility index (Phi) is 9.55. The number of nitriles is 1. The van der Waals surface area contributed by atoms with Crippen molar-refractivity contribution in [2.45, 2.75) is 32.6 Å². The Bertz CT molecular complexity index is 1170. The molecule has 0 saturated carbocycles. The number of hydrogen-bond donors (Lipinski definition) is 3. The van der Waals surface area contributed by atoms with Crippen LogP contribution in [0.15, 0.2) is 72.8 Å². The summed E-state index contributed by atoms with van der Waals surface area (Å²) >= 11 is 0. The van der Waals surface area contributed by atoms with E-state index in [-0.39, 0.29) is 5.91 Å². The Morgan fingerprint density at radius 1 is 0.914 bits per heavy atom. The van der Waals surface area contributed by atoms with E-state index < -0.39 is 12.1 Å². The van der Waals surface area contributed by atoms with Gasteiger partial charge in [0.2, 0.25) is 0 Å². The quantitative estimate of drug-likeness (QED) is 0.423. The number of benzene rings is 3. The second kappa shape index (κ2) is 12.3. The summed E-state index contributed by atoms with van der Waals surface area (Å²) in [5.74, 6) is -2.95.